The number of hydrogen-bond acceptors (Lipinski definition) is 14. The normalized spacial score (nSPS) is 47.2. The number of hydrogen-bond donors (Lipinski definition) is 4. The Labute approximate surface area is 284 Å². The van der Waals surface area contributed by atoms with Crippen molar-refractivity contribution in [1.82, 2.24) is 0 Å². The van der Waals surface area contributed by atoms with Crippen molar-refractivity contribution in [2.24, 2.45) is 34.5 Å². The van der Waals surface area contributed by atoms with E-state index in [9.17, 15) is 30.0 Å². The number of aliphatic hydroxyl groups is 4. The SMILES string of the molecule is CO[C@H]1[C@H](C)[C@@H]2C[C@H](O[C@@H]3O[C@H](CO)[C@@H](O)[C@H](O)[C@H]3O)O[C@@H]3C[C@H]4CC[C@H](OC)C(=O)[C@]4(C)[C@@H]([C@@H]1OC(=O)c1ccc4c(c1)OCO4)[C@@]32C. The lowest BCUT2D eigenvalue weighted by Crippen LogP contribution is -2.75. The van der Waals surface area contributed by atoms with Gasteiger partial charge in [-0.25, -0.2) is 4.79 Å². The zero-order valence-electron chi connectivity index (χ0n) is 28.4. The van der Waals surface area contributed by atoms with Crippen LogP contribution in [0.5, 0.6) is 11.5 Å². The molecule has 1 aromatic rings. The summed E-state index contributed by atoms with van der Waals surface area (Å²) in [6.45, 7) is 5.59. The lowest BCUT2D eigenvalue weighted by Gasteiger charge is -2.69. The fourth-order valence-corrected chi connectivity index (χ4v) is 10.4. The van der Waals surface area contributed by atoms with E-state index >= 15 is 0 Å². The zero-order valence-corrected chi connectivity index (χ0v) is 28.4. The van der Waals surface area contributed by atoms with Gasteiger partial charge in [0.15, 0.2) is 29.9 Å². The largest absolute Gasteiger partial charge is 0.456 e. The summed E-state index contributed by atoms with van der Waals surface area (Å²) in [6, 6.07) is 4.88. The molecule has 16 atom stereocenters. The Morgan fingerprint density at radius 3 is 2.43 bits per heavy atom. The van der Waals surface area contributed by atoms with Gasteiger partial charge < -0.3 is 58.3 Å². The number of carbonyl (C=O) groups excluding carboxylic acids is 2. The van der Waals surface area contributed by atoms with Gasteiger partial charge in [-0.15, -0.1) is 0 Å². The predicted octanol–water partition coefficient (Wildman–Crippen LogP) is 1.18. The van der Waals surface area contributed by atoms with Crippen LogP contribution >= 0.6 is 0 Å². The molecule has 3 heterocycles. The lowest BCUT2D eigenvalue weighted by molar-refractivity contribution is -0.380. The van der Waals surface area contributed by atoms with E-state index in [4.69, 9.17) is 37.9 Å². The van der Waals surface area contributed by atoms with Crippen LogP contribution in [0.3, 0.4) is 0 Å². The van der Waals surface area contributed by atoms with Crippen molar-refractivity contribution < 1.29 is 67.9 Å². The van der Waals surface area contributed by atoms with Crippen LogP contribution in [-0.4, -0.2) is 121 Å². The first kappa shape index (κ1) is 35.0. The summed E-state index contributed by atoms with van der Waals surface area (Å²) in [6.07, 6.45) is -8.54. The number of esters is 1. The second-order valence-corrected chi connectivity index (χ2v) is 15.0. The quantitative estimate of drug-likeness (QED) is 0.298. The number of ketones is 1. The lowest BCUT2D eigenvalue weighted by atomic mass is 9.38. The van der Waals surface area contributed by atoms with Gasteiger partial charge in [0, 0.05) is 37.4 Å². The fraction of sp³-hybridized carbons (Fsp3) is 0.771. The van der Waals surface area contributed by atoms with Crippen molar-refractivity contribution >= 4 is 11.8 Å². The van der Waals surface area contributed by atoms with Crippen LogP contribution in [0.25, 0.3) is 0 Å². The van der Waals surface area contributed by atoms with Gasteiger partial charge in [-0.2, -0.15) is 0 Å². The molecule has 3 aliphatic carbocycles. The second-order valence-electron chi connectivity index (χ2n) is 15.0. The molecule has 14 heteroatoms. The van der Waals surface area contributed by atoms with E-state index in [0.717, 1.165) is 0 Å². The average molecular weight is 693 g/mol. The number of methoxy groups -OCH3 is 2. The summed E-state index contributed by atoms with van der Waals surface area (Å²) < 4.78 is 47.9. The van der Waals surface area contributed by atoms with E-state index in [0.29, 0.717) is 37.2 Å². The van der Waals surface area contributed by atoms with E-state index in [1.54, 1.807) is 32.4 Å². The Morgan fingerprint density at radius 1 is 0.959 bits per heavy atom. The monoisotopic (exact) mass is 692 g/mol. The highest BCUT2D eigenvalue weighted by Gasteiger charge is 2.73. The van der Waals surface area contributed by atoms with Gasteiger partial charge in [0.25, 0.3) is 0 Å². The van der Waals surface area contributed by atoms with E-state index in [1.165, 1.54) is 0 Å². The van der Waals surface area contributed by atoms with Crippen LogP contribution in [-0.2, 0) is 33.2 Å². The molecule has 14 nitrogen and oxygen atoms in total. The molecule has 3 aliphatic heterocycles. The van der Waals surface area contributed by atoms with E-state index in [-0.39, 0.29) is 35.9 Å². The van der Waals surface area contributed by atoms with Crippen LogP contribution in [0.4, 0.5) is 0 Å². The fourth-order valence-electron chi connectivity index (χ4n) is 10.4. The Kier molecular flexibility index (Phi) is 9.28. The minimum Gasteiger partial charge on any atom is -0.456 e. The van der Waals surface area contributed by atoms with Gasteiger partial charge in [0.05, 0.1) is 24.4 Å². The predicted molar refractivity (Wildman–Crippen MR) is 166 cm³/mol. The molecule has 0 bridgehead atoms. The number of Topliss-reactive ketones (excluding diaryl/α,β-unsaturated/α-hetero) is 1. The minimum absolute atomic E-state index is 0.0251. The first-order chi connectivity index (χ1) is 23.4. The van der Waals surface area contributed by atoms with E-state index in [1.807, 2.05) is 13.8 Å². The van der Waals surface area contributed by atoms with Gasteiger partial charge in [-0.05, 0) is 55.2 Å². The van der Waals surface area contributed by atoms with E-state index < -0.39 is 90.7 Å². The molecule has 0 aromatic heterocycles. The third-order valence-corrected chi connectivity index (χ3v) is 12.9. The standard InChI is InChI=1S/C35H48O14/c1-15-18-12-24(48-33-27(39)26(38)25(37)22(13-36)46-33)47-23-11-17-7-9-20(42-4)31(40)34(17,2)30(35(18,23)3)29(28(15)43-5)49-32(41)16-6-8-19-21(10-16)45-14-44-19/h6,8,10,15,17-18,20,22-30,33,36-39H,7,9,11-14H2,1-5H3/t15-,17-,18+,20+,22-,23-,24+,25-,26+,27-,28+,29-,30-,33+,34+,35-/m1/s1. The Hall–Kier alpha value is -2.40. The highest BCUT2D eigenvalue weighted by Crippen LogP contribution is 2.69. The van der Waals surface area contributed by atoms with Crippen LogP contribution < -0.4 is 9.47 Å². The zero-order chi connectivity index (χ0) is 35.0. The van der Waals surface area contributed by atoms with Gasteiger partial charge in [0.2, 0.25) is 6.79 Å². The van der Waals surface area contributed by atoms with E-state index in [2.05, 4.69) is 6.92 Å². The molecule has 0 amide bonds. The first-order valence-corrected chi connectivity index (χ1v) is 17.2. The third-order valence-electron chi connectivity index (χ3n) is 12.9. The topological polar surface area (TPSA) is 189 Å². The van der Waals surface area contributed by atoms with Gasteiger partial charge in [0.1, 0.15) is 36.6 Å². The number of rotatable bonds is 7. The second kappa shape index (κ2) is 13.0. The summed E-state index contributed by atoms with van der Waals surface area (Å²) in [5, 5.41) is 41.2. The summed E-state index contributed by atoms with van der Waals surface area (Å²) in [5.74, 6) is -0.683. The summed E-state index contributed by atoms with van der Waals surface area (Å²) in [5.41, 5.74) is -1.38. The third kappa shape index (κ3) is 5.32. The van der Waals surface area contributed by atoms with Crippen molar-refractivity contribution in [3.8, 4) is 11.5 Å². The molecule has 3 saturated carbocycles. The van der Waals surface area contributed by atoms with Crippen molar-refractivity contribution in [2.45, 2.75) is 108 Å². The summed E-state index contributed by atoms with van der Waals surface area (Å²) in [7, 11) is 3.12. The van der Waals surface area contributed by atoms with Crippen LogP contribution in [0.1, 0.15) is 56.8 Å². The number of fused-ring (bicyclic) bond motifs is 3. The molecule has 5 fully saturated rings. The maximum Gasteiger partial charge on any atom is 0.338 e. The van der Waals surface area contributed by atoms with Crippen molar-refractivity contribution in [2.75, 3.05) is 27.6 Å². The molecule has 0 radical (unpaired) electrons. The number of carbonyl (C=O) groups is 2. The maximum atomic E-state index is 14.5. The molecule has 0 spiro atoms. The molecule has 272 valence electrons. The highest BCUT2D eigenvalue weighted by molar-refractivity contribution is 5.92. The van der Waals surface area contributed by atoms with Crippen LogP contribution in [0, 0.1) is 34.5 Å². The Bertz CT molecular complexity index is 1420. The first-order valence-electron chi connectivity index (χ1n) is 17.2. The molecular weight excluding hydrogens is 644 g/mol. The average Bonchev–Trinajstić information content (AvgIpc) is 3.56. The maximum absolute atomic E-state index is 14.5. The Balaban J connectivity index is 1.25. The van der Waals surface area contributed by atoms with Crippen molar-refractivity contribution in [3.63, 3.8) is 0 Å². The highest BCUT2D eigenvalue weighted by atomic mass is 16.8. The molecule has 4 N–H and O–H groups in total. The number of ether oxygens (including phenoxy) is 8. The molecule has 49 heavy (non-hydrogen) atoms. The molecule has 2 saturated heterocycles. The smallest absolute Gasteiger partial charge is 0.338 e. The minimum atomic E-state index is -1.60. The summed E-state index contributed by atoms with van der Waals surface area (Å²) >= 11 is 0. The molecule has 0 unspecified atom stereocenters. The number of benzene rings is 1. The van der Waals surface area contributed by atoms with Crippen LogP contribution in [0.15, 0.2) is 18.2 Å². The summed E-state index contributed by atoms with van der Waals surface area (Å²) in [4.78, 5) is 28.5. The Morgan fingerprint density at radius 2 is 1.71 bits per heavy atom. The van der Waals surface area contributed by atoms with Gasteiger partial charge in [-0.3, -0.25) is 4.79 Å². The molecule has 7 rings (SSSR count). The number of aliphatic hydroxyl groups excluding tert-OH is 4. The van der Waals surface area contributed by atoms with Crippen LogP contribution in [0.2, 0.25) is 0 Å². The molecule has 1 aromatic carbocycles. The van der Waals surface area contributed by atoms with Gasteiger partial charge >= 0.3 is 5.97 Å². The molecule has 6 aliphatic rings. The van der Waals surface area contributed by atoms with Crippen molar-refractivity contribution in [1.29, 1.82) is 0 Å². The van der Waals surface area contributed by atoms with Crippen molar-refractivity contribution in [3.05, 3.63) is 23.8 Å². The molecular formula is C35H48O14. The van der Waals surface area contributed by atoms with Gasteiger partial charge in [-0.1, -0.05) is 20.8 Å².